The summed E-state index contributed by atoms with van der Waals surface area (Å²) in [5.41, 5.74) is 0.362. The summed E-state index contributed by atoms with van der Waals surface area (Å²) in [4.78, 5) is 24.6. The van der Waals surface area contributed by atoms with Crippen LogP contribution in [0.3, 0.4) is 0 Å². The van der Waals surface area contributed by atoms with Gasteiger partial charge in [-0.3, -0.25) is 9.59 Å². The first-order valence-electron chi connectivity index (χ1n) is 8.09. The molecule has 0 saturated carbocycles. The van der Waals surface area contributed by atoms with E-state index in [0.29, 0.717) is 17.1 Å². The van der Waals surface area contributed by atoms with Crippen LogP contribution in [0.5, 0.6) is 11.5 Å². The molecule has 1 aliphatic heterocycles. The molecule has 6 heteroatoms. The van der Waals surface area contributed by atoms with E-state index in [1.807, 2.05) is 0 Å². The number of hydrogen-bond donors (Lipinski definition) is 2. The molecule has 2 amide bonds. The lowest BCUT2D eigenvalue weighted by Gasteiger charge is -2.31. The normalized spacial score (nSPS) is 27.4. The maximum atomic E-state index is 12.4. The number of ether oxygens (including phenoxy) is 2. The van der Waals surface area contributed by atoms with Crippen LogP contribution in [0, 0.1) is 5.92 Å². The zero-order chi connectivity index (χ0) is 18.1. The van der Waals surface area contributed by atoms with E-state index in [1.54, 1.807) is 26.0 Å². The van der Waals surface area contributed by atoms with Gasteiger partial charge in [-0.25, -0.2) is 0 Å². The third kappa shape index (κ3) is 3.32. The van der Waals surface area contributed by atoms with Gasteiger partial charge < -0.3 is 20.1 Å². The minimum absolute atomic E-state index is 0.108. The quantitative estimate of drug-likeness (QED) is 0.847. The Balaban J connectivity index is 2.33. The number of amides is 2. The number of hydrogen-bond acceptors (Lipinski definition) is 4. The Hall–Kier alpha value is -2.24. The molecule has 1 heterocycles. The number of carbonyl (C=O) groups is 2. The topological polar surface area (TPSA) is 76.7 Å². The van der Waals surface area contributed by atoms with Crippen LogP contribution in [0.1, 0.15) is 22.2 Å². The van der Waals surface area contributed by atoms with Gasteiger partial charge in [0, 0.05) is 7.77 Å². The van der Waals surface area contributed by atoms with E-state index in [9.17, 15) is 9.59 Å². The molecule has 2 rings (SSSR count). The van der Waals surface area contributed by atoms with Gasteiger partial charge in [0.05, 0.1) is 15.6 Å². The minimum atomic E-state index is -2.11. The van der Waals surface area contributed by atoms with Gasteiger partial charge in [0.15, 0.2) is 11.5 Å². The highest BCUT2D eigenvalue weighted by molar-refractivity contribution is 5.97. The summed E-state index contributed by atoms with van der Waals surface area (Å²) in [6, 6.07) is 1.89. The molecule has 1 aromatic rings. The molecule has 6 nitrogen and oxygen atoms in total. The Labute approximate surface area is 133 Å². The Bertz CT molecular complexity index is 653. The second kappa shape index (κ2) is 6.68. The number of nitrogens with one attached hydrogen (secondary N) is 2. The molecule has 1 saturated heterocycles. The van der Waals surface area contributed by atoms with Crippen LogP contribution < -0.4 is 20.1 Å². The van der Waals surface area contributed by atoms with Crippen molar-refractivity contribution in [1.82, 2.24) is 10.6 Å². The summed E-state index contributed by atoms with van der Waals surface area (Å²) < 4.78 is 27.0. The van der Waals surface area contributed by atoms with Crippen molar-refractivity contribution in [2.24, 2.45) is 5.92 Å². The summed E-state index contributed by atoms with van der Waals surface area (Å²) in [6.07, 6.45) is -1.32. The standard InChI is InChI=1S/C16H22N2O4/c1-9(2)14-16(20)17-11(15(19)18-14)7-10-5-6-12(21-3)13(8-10)22-4/h5-6,8-9,11,14H,7H2,1-4H3,(H,17,20)(H,18,19)/t11-,14-/m0/s1/i7D,11D/t7-,11+,14+/m1. The highest BCUT2D eigenvalue weighted by atomic mass is 16.5. The number of methoxy groups -OCH3 is 2. The Morgan fingerprint density at radius 2 is 1.86 bits per heavy atom. The van der Waals surface area contributed by atoms with E-state index in [-0.39, 0.29) is 5.92 Å². The number of benzene rings is 1. The van der Waals surface area contributed by atoms with Gasteiger partial charge in [0.1, 0.15) is 12.1 Å². The maximum Gasteiger partial charge on any atom is 0.243 e. The molecular formula is C16H22N2O4. The Morgan fingerprint density at radius 3 is 2.45 bits per heavy atom. The SMILES string of the molecule is [2H][C@H](c1ccc(OC)c(OC)c1)[C@]1([2H])NC(=O)[C@H](C(C)C)NC1=O. The van der Waals surface area contributed by atoms with Crippen molar-refractivity contribution in [3.8, 4) is 11.5 Å². The molecule has 1 fully saturated rings. The van der Waals surface area contributed by atoms with Crippen molar-refractivity contribution in [3.05, 3.63) is 23.8 Å². The van der Waals surface area contributed by atoms with Crippen molar-refractivity contribution in [2.45, 2.75) is 32.3 Å². The molecule has 1 aromatic carbocycles. The third-order valence-corrected chi connectivity index (χ3v) is 3.46. The van der Waals surface area contributed by atoms with Crippen molar-refractivity contribution in [1.29, 1.82) is 0 Å². The van der Waals surface area contributed by atoms with Crippen molar-refractivity contribution in [2.75, 3.05) is 14.2 Å². The van der Waals surface area contributed by atoms with E-state index in [2.05, 4.69) is 10.6 Å². The van der Waals surface area contributed by atoms with Gasteiger partial charge in [0.25, 0.3) is 0 Å². The van der Waals surface area contributed by atoms with Crippen molar-refractivity contribution in [3.63, 3.8) is 0 Å². The van der Waals surface area contributed by atoms with Gasteiger partial charge in [-0.1, -0.05) is 19.9 Å². The fourth-order valence-corrected chi connectivity index (χ4v) is 2.23. The molecule has 0 spiro atoms. The summed E-state index contributed by atoms with van der Waals surface area (Å²) in [6.45, 7) is 3.60. The molecule has 2 N–H and O–H groups in total. The van der Waals surface area contributed by atoms with E-state index in [4.69, 9.17) is 12.2 Å². The average Bonchev–Trinajstić information content (AvgIpc) is 2.56. The predicted octanol–water partition coefficient (Wildman–Crippen LogP) is 0.885. The van der Waals surface area contributed by atoms with Crippen LogP contribution in [0.15, 0.2) is 18.2 Å². The fourth-order valence-electron chi connectivity index (χ4n) is 2.23. The summed E-state index contributed by atoms with van der Waals surface area (Å²) >= 11 is 0. The van der Waals surface area contributed by atoms with Crippen LogP contribution in [0.2, 0.25) is 0 Å². The van der Waals surface area contributed by atoms with Crippen LogP contribution >= 0.6 is 0 Å². The highest BCUT2D eigenvalue weighted by Gasteiger charge is 2.35. The Morgan fingerprint density at radius 1 is 1.18 bits per heavy atom. The van der Waals surface area contributed by atoms with Gasteiger partial charge >= 0.3 is 0 Å². The minimum Gasteiger partial charge on any atom is -0.493 e. The molecule has 0 unspecified atom stereocenters. The van der Waals surface area contributed by atoms with Gasteiger partial charge in [-0.15, -0.1) is 0 Å². The van der Waals surface area contributed by atoms with Crippen LogP contribution in [0.25, 0.3) is 0 Å². The van der Waals surface area contributed by atoms with E-state index in [1.165, 1.54) is 20.3 Å². The summed E-state index contributed by atoms with van der Waals surface area (Å²) in [5, 5.41) is 4.94. The molecule has 0 aromatic heterocycles. The van der Waals surface area contributed by atoms with Gasteiger partial charge in [0.2, 0.25) is 11.8 Å². The number of carbonyl (C=O) groups excluding carboxylic acids is 2. The maximum absolute atomic E-state index is 12.4. The lowest BCUT2D eigenvalue weighted by Crippen LogP contribution is -2.63. The fraction of sp³-hybridized carbons (Fsp3) is 0.500. The number of rotatable bonds is 5. The third-order valence-electron chi connectivity index (χ3n) is 3.46. The first-order valence-corrected chi connectivity index (χ1v) is 7.01. The summed E-state index contributed by atoms with van der Waals surface area (Å²) in [5.74, 6) is -0.403. The average molecular weight is 308 g/mol. The second-order valence-electron chi connectivity index (χ2n) is 5.36. The molecule has 120 valence electrons. The number of piperazine rings is 1. The zero-order valence-electron chi connectivity index (χ0n) is 15.1. The first kappa shape index (κ1) is 13.4. The molecule has 0 radical (unpaired) electrons. The van der Waals surface area contributed by atoms with Gasteiger partial charge in [-0.05, 0) is 23.6 Å². The highest BCUT2D eigenvalue weighted by Crippen LogP contribution is 2.28. The first-order chi connectivity index (χ1) is 11.2. The summed E-state index contributed by atoms with van der Waals surface area (Å²) in [7, 11) is 2.95. The van der Waals surface area contributed by atoms with E-state index < -0.39 is 30.3 Å². The van der Waals surface area contributed by atoms with Gasteiger partial charge in [-0.2, -0.15) is 0 Å². The van der Waals surface area contributed by atoms with Crippen LogP contribution in [-0.2, 0) is 16.0 Å². The molecule has 22 heavy (non-hydrogen) atoms. The molecule has 3 atom stereocenters. The lowest BCUT2D eigenvalue weighted by molar-refractivity contribution is -0.137. The smallest absolute Gasteiger partial charge is 0.243 e. The second-order valence-corrected chi connectivity index (χ2v) is 5.36. The van der Waals surface area contributed by atoms with Crippen LogP contribution in [-0.4, -0.2) is 38.1 Å². The van der Waals surface area contributed by atoms with E-state index in [0.717, 1.165) is 0 Å². The molecular weight excluding hydrogens is 284 g/mol. The lowest BCUT2D eigenvalue weighted by atomic mass is 9.97. The van der Waals surface area contributed by atoms with Crippen LogP contribution in [0.4, 0.5) is 0 Å². The zero-order valence-corrected chi connectivity index (χ0v) is 13.1. The predicted molar refractivity (Wildman–Crippen MR) is 81.9 cm³/mol. The van der Waals surface area contributed by atoms with Crippen molar-refractivity contribution >= 4 is 11.8 Å². The van der Waals surface area contributed by atoms with Crippen molar-refractivity contribution < 1.29 is 21.8 Å². The molecule has 0 aliphatic carbocycles. The van der Waals surface area contributed by atoms with E-state index >= 15 is 0 Å². The Kier molecular flexibility index (Phi) is 4.08. The molecule has 1 aliphatic rings. The largest absolute Gasteiger partial charge is 0.493 e. The monoisotopic (exact) mass is 308 g/mol. The molecule has 0 bridgehead atoms.